The maximum atomic E-state index is 16.3. The van der Waals surface area contributed by atoms with Crippen LogP contribution in [0.2, 0.25) is 0 Å². The lowest BCUT2D eigenvalue weighted by Crippen LogP contribution is -2.49. The first kappa shape index (κ1) is 44.3. The molecule has 6 atom stereocenters. The van der Waals surface area contributed by atoms with Gasteiger partial charge in [0.15, 0.2) is 11.6 Å². The van der Waals surface area contributed by atoms with Gasteiger partial charge < -0.3 is 14.2 Å². The number of nitrogens with zero attached hydrogens (tertiary/aromatic N) is 9. The zero-order valence-corrected chi connectivity index (χ0v) is 40.0. The van der Waals surface area contributed by atoms with Gasteiger partial charge in [-0.05, 0) is 144 Å². The normalized spacial score (nSPS) is 25.1. The van der Waals surface area contributed by atoms with Crippen LogP contribution in [0.4, 0.5) is 13.2 Å². The Morgan fingerprint density at radius 1 is 0.914 bits per heavy atom. The molecule has 0 bridgehead atoms. The van der Waals surface area contributed by atoms with Crippen LogP contribution >= 0.6 is 0 Å². The molecule has 2 unspecified atom stereocenters. The molecular weight excluding hydrogens is 902 g/mol. The zero-order chi connectivity index (χ0) is 48.9. The molecule has 2 aliphatic carbocycles. The molecule has 8 aromatic rings. The molecule has 1 spiro atoms. The van der Waals surface area contributed by atoms with Gasteiger partial charge in [-0.25, -0.2) is 27.4 Å². The molecule has 18 heteroatoms. The summed E-state index contributed by atoms with van der Waals surface area (Å²) in [5.41, 5.74) is 2.16. The van der Waals surface area contributed by atoms with Gasteiger partial charge in [0, 0.05) is 54.5 Å². The number of aromatic nitrogens is 9. The summed E-state index contributed by atoms with van der Waals surface area (Å²) >= 11 is 0. The van der Waals surface area contributed by atoms with E-state index in [1.54, 1.807) is 53.4 Å². The first-order valence-electron chi connectivity index (χ1n) is 24.0. The van der Waals surface area contributed by atoms with E-state index in [-0.39, 0.29) is 65.4 Å². The third kappa shape index (κ3) is 6.43. The molecule has 362 valence electrons. The van der Waals surface area contributed by atoms with Gasteiger partial charge in [-0.15, -0.1) is 0 Å². The number of imidazole rings is 1. The first-order chi connectivity index (χ1) is 33.4. The largest absolute Gasteiger partial charge is 0.438 e. The Morgan fingerprint density at radius 3 is 2.34 bits per heavy atom. The smallest absolute Gasteiger partial charge is 0.376 e. The van der Waals surface area contributed by atoms with Gasteiger partial charge in [-0.2, -0.15) is 10.2 Å². The summed E-state index contributed by atoms with van der Waals surface area (Å²) in [6.45, 7) is 12.2. The molecule has 4 aliphatic rings. The van der Waals surface area contributed by atoms with Crippen LogP contribution in [0, 0.1) is 31.4 Å². The minimum Gasteiger partial charge on any atom is -0.376 e. The highest BCUT2D eigenvalue weighted by Gasteiger charge is 2.60. The molecule has 5 aromatic heterocycles. The van der Waals surface area contributed by atoms with Crippen molar-refractivity contribution in [3.63, 3.8) is 0 Å². The highest BCUT2D eigenvalue weighted by atomic mass is 19.1. The number of H-pyrrole nitrogens is 1. The number of nitrogens with one attached hydrogen (secondary N) is 1. The summed E-state index contributed by atoms with van der Waals surface area (Å²) < 4.78 is 66.6. The van der Waals surface area contributed by atoms with E-state index in [1.165, 1.54) is 33.8 Å². The van der Waals surface area contributed by atoms with Crippen molar-refractivity contribution in [3.8, 4) is 17.2 Å². The number of ether oxygens (including phenoxy) is 1. The van der Waals surface area contributed by atoms with E-state index in [2.05, 4.69) is 41.2 Å². The molecule has 1 N–H and O–H groups in total. The number of alkyl halides is 1. The van der Waals surface area contributed by atoms with Gasteiger partial charge in [0.2, 0.25) is 0 Å². The van der Waals surface area contributed by atoms with E-state index in [0.717, 1.165) is 29.3 Å². The highest BCUT2D eigenvalue weighted by molar-refractivity contribution is 6.00. The number of carbonyl (C=O) groups is 1. The number of hydrogen-bond donors (Lipinski definition) is 1. The van der Waals surface area contributed by atoms with E-state index >= 15 is 18.0 Å². The van der Waals surface area contributed by atoms with Gasteiger partial charge in [-0.3, -0.25) is 28.1 Å². The summed E-state index contributed by atoms with van der Waals surface area (Å²) in [4.78, 5) is 48.2. The zero-order valence-electron chi connectivity index (χ0n) is 40.0. The summed E-state index contributed by atoms with van der Waals surface area (Å²) in [5.74, 6) is -1.34. The van der Waals surface area contributed by atoms with Crippen molar-refractivity contribution in [2.24, 2.45) is 13.0 Å². The molecule has 2 saturated carbocycles. The molecule has 70 heavy (non-hydrogen) atoms. The summed E-state index contributed by atoms with van der Waals surface area (Å²) in [7, 11) is 1.71. The highest BCUT2D eigenvalue weighted by Crippen LogP contribution is 2.57. The average molecular weight is 955 g/mol. The Hall–Kier alpha value is -6.95. The van der Waals surface area contributed by atoms with E-state index in [0.29, 0.717) is 64.6 Å². The number of amides is 1. The minimum atomic E-state index is -1.20. The molecule has 15 nitrogen and oxygen atoms in total. The fourth-order valence-corrected chi connectivity index (χ4v) is 12.4. The molecule has 3 aromatic carbocycles. The number of benzene rings is 3. The lowest BCUT2D eigenvalue weighted by molar-refractivity contribution is -0.0592. The fraction of sp³-hybridized carbons (Fsp3) is 0.423. The van der Waals surface area contributed by atoms with Crippen LogP contribution < -0.4 is 11.4 Å². The lowest BCUT2D eigenvalue weighted by atomic mass is 9.75. The van der Waals surface area contributed by atoms with Crippen molar-refractivity contribution in [1.29, 1.82) is 0 Å². The topological polar surface area (TPSA) is 156 Å². The third-order valence-corrected chi connectivity index (χ3v) is 16.1. The third-order valence-electron chi connectivity index (χ3n) is 16.1. The molecular formula is C52H53F3N10O5. The number of rotatable bonds is 7. The van der Waals surface area contributed by atoms with Crippen LogP contribution in [0.1, 0.15) is 122 Å². The fourth-order valence-electron chi connectivity index (χ4n) is 12.4. The minimum absolute atomic E-state index is 0.00301. The Morgan fingerprint density at radius 2 is 1.66 bits per heavy atom. The van der Waals surface area contributed by atoms with Crippen LogP contribution in [0.25, 0.3) is 39.0 Å². The Bertz CT molecular complexity index is 3590. The van der Waals surface area contributed by atoms with Gasteiger partial charge >= 0.3 is 11.4 Å². The van der Waals surface area contributed by atoms with E-state index in [9.17, 15) is 9.59 Å². The van der Waals surface area contributed by atoms with Crippen molar-refractivity contribution in [3.05, 3.63) is 139 Å². The number of aromatic amines is 1. The van der Waals surface area contributed by atoms with Crippen LogP contribution in [0.5, 0.6) is 0 Å². The summed E-state index contributed by atoms with van der Waals surface area (Å²) in [6, 6.07) is 13.9. The van der Waals surface area contributed by atoms with Crippen molar-refractivity contribution in [2.75, 3.05) is 13.2 Å². The quantitative estimate of drug-likeness (QED) is 0.167. The van der Waals surface area contributed by atoms with Gasteiger partial charge in [0.25, 0.3) is 5.91 Å². The second kappa shape index (κ2) is 15.3. The predicted octanol–water partition coefficient (Wildman–Crippen LogP) is 8.66. The maximum absolute atomic E-state index is 16.3. The summed E-state index contributed by atoms with van der Waals surface area (Å²) in [6.07, 6.45) is 6.11. The van der Waals surface area contributed by atoms with Gasteiger partial charge in [-0.1, -0.05) is 18.1 Å². The number of halogens is 3. The maximum Gasteiger partial charge on any atom is 0.438 e. The standard InChI is InChI=1S/C52H53F3N10O5/c1-27-18-35(19-28(2)42(27)54)65-45(62-16-15-61(49(62)68)39-11-10-38-36(43(39)55)25-56-60(38)7)41-30(4)63(26-51(44(41)58-65)14-12-34(53)24-51)46(66)40-21-33-20-31(32-13-17-69-50(5,6)23-32)8-9-37(33)64(40)52(22-29(52)3)47-57-48(67)70-59-47/h8-11,15-16,18-21,25,29-30,32,34H,12-14,17,22-24,26H2,1-7H3,(H,57,59,67)/t29-,30-,32-,34?,51?,52-/m0/s1. The van der Waals surface area contributed by atoms with E-state index in [4.69, 9.17) is 14.4 Å². The molecule has 12 rings (SSSR count). The monoisotopic (exact) mass is 954 g/mol. The molecule has 7 heterocycles. The molecule has 1 amide bonds. The van der Waals surface area contributed by atoms with E-state index < -0.39 is 40.4 Å². The van der Waals surface area contributed by atoms with Gasteiger partial charge in [0.05, 0.1) is 45.8 Å². The number of fused-ring (bicyclic) bond motifs is 4. The SMILES string of the molecule is Cc1cc(-n2nc3c(c2-n2ccn(-c4ccc5c(cnn5C)c4F)c2=O)[C@H](C)N(C(=O)c2cc4cc([C@H]5CCOC(C)(C)C5)ccc4n2[C@@]2(c4noc(=O)[nH]4)C[C@@H]2C)CC32CCC(F)C2)cc(C)c1F. The Balaban J connectivity index is 1.06. The number of hydrogen-bond acceptors (Lipinski definition) is 8. The molecule has 2 aliphatic heterocycles. The second-order valence-corrected chi connectivity index (χ2v) is 21.0. The van der Waals surface area contributed by atoms with Crippen molar-refractivity contribution >= 4 is 27.7 Å². The Kier molecular flexibility index (Phi) is 9.66. The van der Waals surface area contributed by atoms with E-state index in [1.807, 2.05) is 30.5 Å². The first-order valence-corrected chi connectivity index (χ1v) is 24.0. The molecule has 3 fully saturated rings. The van der Waals surface area contributed by atoms with Crippen LogP contribution in [0.15, 0.2) is 81.2 Å². The lowest BCUT2D eigenvalue weighted by Gasteiger charge is -2.43. The number of carbonyl (C=O) groups excluding carboxylic acids is 1. The predicted molar refractivity (Wildman–Crippen MR) is 254 cm³/mol. The average Bonchev–Trinajstić information content (AvgIpc) is 4.06. The van der Waals surface area contributed by atoms with Crippen molar-refractivity contribution in [1.82, 2.24) is 48.3 Å². The number of aryl methyl sites for hydroxylation is 3. The molecule has 0 radical (unpaired) electrons. The van der Waals surface area contributed by atoms with Crippen molar-refractivity contribution < 1.29 is 27.2 Å². The van der Waals surface area contributed by atoms with Crippen molar-refractivity contribution in [2.45, 2.75) is 115 Å². The second-order valence-electron chi connectivity index (χ2n) is 21.0. The van der Waals surface area contributed by atoms with Crippen LogP contribution in [0.3, 0.4) is 0 Å². The summed E-state index contributed by atoms with van der Waals surface area (Å²) in [5, 5.41) is 14.7. The Labute approximate surface area is 399 Å². The van der Waals surface area contributed by atoms with Crippen LogP contribution in [-0.2, 0) is 22.7 Å². The molecule has 1 saturated heterocycles. The van der Waals surface area contributed by atoms with Gasteiger partial charge in [0.1, 0.15) is 29.0 Å². The van der Waals surface area contributed by atoms with Crippen LogP contribution in [-0.4, -0.2) is 79.1 Å².